The zero-order valence-corrected chi connectivity index (χ0v) is 12.5. The molecule has 3 nitrogen and oxygen atoms in total. The van der Waals surface area contributed by atoms with Crippen LogP contribution in [-0.2, 0) is 11.3 Å². The molecule has 0 aliphatic heterocycles. The van der Waals surface area contributed by atoms with Crippen molar-refractivity contribution in [3.05, 3.63) is 28.8 Å². The van der Waals surface area contributed by atoms with Gasteiger partial charge in [0.05, 0.1) is 6.61 Å². The van der Waals surface area contributed by atoms with Gasteiger partial charge in [-0.3, -0.25) is 0 Å². The van der Waals surface area contributed by atoms with Crippen LogP contribution in [0.4, 0.5) is 5.69 Å². The average molecular weight is 283 g/mol. The molecule has 0 aromatic heterocycles. The van der Waals surface area contributed by atoms with Gasteiger partial charge in [-0.05, 0) is 37.5 Å². The topological polar surface area (TPSA) is 24.5 Å². The molecule has 1 aromatic rings. The highest BCUT2D eigenvalue weighted by molar-refractivity contribution is 6.31. The third-order valence-corrected chi connectivity index (χ3v) is 3.76. The third-order valence-electron chi connectivity index (χ3n) is 3.41. The van der Waals surface area contributed by atoms with Gasteiger partial charge >= 0.3 is 0 Å². The number of ether oxygens (including phenoxy) is 1. The van der Waals surface area contributed by atoms with Crippen molar-refractivity contribution in [1.82, 2.24) is 5.32 Å². The maximum absolute atomic E-state index is 6.34. The minimum absolute atomic E-state index is 0.713. The number of nitrogens with zero attached hydrogens (tertiary/aromatic N) is 1. The first-order valence-electron chi connectivity index (χ1n) is 7.01. The van der Waals surface area contributed by atoms with E-state index in [9.17, 15) is 0 Å². The summed E-state index contributed by atoms with van der Waals surface area (Å²) < 4.78 is 5.37. The van der Waals surface area contributed by atoms with E-state index in [1.807, 2.05) is 13.0 Å². The molecule has 1 N–H and O–H groups in total. The molecule has 0 heterocycles. The second-order valence-corrected chi connectivity index (χ2v) is 5.46. The monoisotopic (exact) mass is 282 g/mol. The molecular formula is C15H23ClN2O. The van der Waals surface area contributed by atoms with E-state index >= 15 is 0 Å². The van der Waals surface area contributed by atoms with Crippen molar-refractivity contribution in [3.8, 4) is 0 Å². The quantitative estimate of drug-likeness (QED) is 0.742. The van der Waals surface area contributed by atoms with Crippen LogP contribution < -0.4 is 10.2 Å². The Morgan fingerprint density at radius 2 is 2.21 bits per heavy atom. The van der Waals surface area contributed by atoms with E-state index < -0.39 is 0 Å². The van der Waals surface area contributed by atoms with Crippen molar-refractivity contribution in [1.29, 1.82) is 0 Å². The molecule has 4 heteroatoms. The summed E-state index contributed by atoms with van der Waals surface area (Å²) in [7, 11) is 2.06. The number of hydrogen-bond donors (Lipinski definition) is 1. The van der Waals surface area contributed by atoms with Crippen molar-refractivity contribution in [2.75, 3.05) is 31.7 Å². The second-order valence-electron chi connectivity index (χ2n) is 5.05. The number of nitrogens with one attached hydrogen (secondary N) is 1. The SMILES string of the molecule is CCOCCN(C)c1ccc(CNC2CC2)c(Cl)c1. The lowest BCUT2D eigenvalue weighted by molar-refractivity contribution is 0.154. The average Bonchev–Trinajstić information content (AvgIpc) is 3.21. The van der Waals surface area contributed by atoms with Crippen LogP contribution in [0, 0.1) is 0 Å². The van der Waals surface area contributed by atoms with E-state index in [1.165, 1.54) is 18.4 Å². The molecule has 0 saturated heterocycles. The smallest absolute Gasteiger partial charge is 0.0641 e. The van der Waals surface area contributed by atoms with E-state index in [0.717, 1.165) is 37.0 Å². The zero-order valence-electron chi connectivity index (χ0n) is 11.8. The van der Waals surface area contributed by atoms with Crippen molar-refractivity contribution in [3.63, 3.8) is 0 Å². The highest BCUT2D eigenvalue weighted by Crippen LogP contribution is 2.25. The van der Waals surface area contributed by atoms with Crippen molar-refractivity contribution < 1.29 is 4.74 Å². The molecule has 2 rings (SSSR count). The normalized spacial score (nSPS) is 14.7. The lowest BCUT2D eigenvalue weighted by Crippen LogP contribution is -2.22. The van der Waals surface area contributed by atoms with Gasteiger partial charge in [0, 0.05) is 43.5 Å². The van der Waals surface area contributed by atoms with E-state index in [2.05, 4.69) is 29.4 Å². The Labute approximate surface area is 120 Å². The van der Waals surface area contributed by atoms with E-state index in [0.29, 0.717) is 6.04 Å². The van der Waals surface area contributed by atoms with Crippen LogP contribution in [0.2, 0.25) is 5.02 Å². The molecule has 1 fully saturated rings. The zero-order chi connectivity index (χ0) is 13.7. The van der Waals surface area contributed by atoms with Crippen LogP contribution in [0.1, 0.15) is 25.3 Å². The summed E-state index contributed by atoms with van der Waals surface area (Å²) in [5.74, 6) is 0. The fourth-order valence-corrected chi connectivity index (χ4v) is 2.18. The highest BCUT2D eigenvalue weighted by atomic mass is 35.5. The first-order chi connectivity index (χ1) is 9.20. The molecule has 1 saturated carbocycles. The van der Waals surface area contributed by atoms with Gasteiger partial charge in [-0.2, -0.15) is 0 Å². The van der Waals surface area contributed by atoms with Crippen molar-refractivity contribution in [2.24, 2.45) is 0 Å². The second kappa shape index (κ2) is 7.13. The van der Waals surface area contributed by atoms with Crippen LogP contribution in [0.25, 0.3) is 0 Å². The van der Waals surface area contributed by atoms with Gasteiger partial charge in [0.2, 0.25) is 0 Å². The number of rotatable bonds is 8. The van der Waals surface area contributed by atoms with Gasteiger partial charge in [-0.1, -0.05) is 17.7 Å². The highest BCUT2D eigenvalue weighted by Gasteiger charge is 2.20. The summed E-state index contributed by atoms with van der Waals surface area (Å²) >= 11 is 6.34. The minimum atomic E-state index is 0.713. The number of anilines is 1. The van der Waals surface area contributed by atoms with Crippen LogP contribution in [0.5, 0.6) is 0 Å². The fraction of sp³-hybridized carbons (Fsp3) is 0.600. The number of hydrogen-bond acceptors (Lipinski definition) is 3. The lowest BCUT2D eigenvalue weighted by Gasteiger charge is -2.20. The summed E-state index contributed by atoms with van der Waals surface area (Å²) in [6, 6.07) is 6.99. The van der Waals surface area contributed by atoms with E-state index in [4.69, 9.17) is 16.3 Å². The number of benzene rings is 1. The van der Waals surface area contributed by atoms with Gasteiger partial charge in [0.1, 0.15) is 0 Å². The Kier molecular flexibility index (Phi) is 5.49. The van der Waals surface area contributed by atoms with Gasteiger partial charge in [-0.15, -0.1) is 0 Å². The Balaban J connectivity index is 1.88. The first-order valence-corrected chi connectivity index (χ1v) is 7.39. The molecule has 19 heavy (non-hydrogen) atoms. The molecular weight excluding hydrogens is 260 g/mol. The maximum atomic E-state index is 6.34. The van der Waals surface area contributed by atoms with Crippen molar-refractivity contribution in [2.45, 2.75) is 32.4 Å². The Morgan fingerprint density at radius 3 is 2.84 bits per heavy atom. The maximum Gasteiger partial charge on any atom is 0.0641 e. The van der Waals surface area contributed by atoms with Crippen LogP contribution >= 0.6 is 11.6 Å². The lowest BCUT2D eigenvalue weighted by atomic mass is 10.2. The Morgan fingerprint density at radius 1 is 1.42 bits per heavy atom. The fourth-order valence-electron chi connectivity index (χ4n) is 1.93. The summed E-state index contributed by atoms with van der Waals surface area (Å²) in [5, 5.41) is 4.33. The van der Waals surface area contributed by atoms with Crippen LogP contribution in [0.3, 0.4) is 0 Å². The third kappa shape index (κ3) is 4.68. The molecule has 0 amide bonds. The summed E-state index contributed by atoms with van der Waals surface area (Å²) in [4.78, 5) is 2.17. The summed E-state index contributed by atoms with van der Waals surface area (Å²) in [6.45, 7) is 5.27. The van der Waals surface area contributed by atoms with Gasteiger partial charge in [0.25, 0.3) is 0 Å². The Hall–Kier alpha value is -0.770. The standard InChI is InChI=1S/C15H23ClN2O/c1-3-19-9-8-18(2)14-7-4-12(15(16)10-14)11-17-13-5-6-13/h4,7,10,13,17H,3,5-6,8-9,11H2,1-2H3. The molecule has 0 radical (unpaired) electrons. The van der Waals surface area contributed by atoms with E-state index in [1.54, 1.807) is 0 Å². The number of halogens is 1. The minimum Gasteiger partial charge on any atom is -0.380 e. The molecule has 1 aliphatic carbocycles. The molecule has 0 atom stereocenters. The van der Waals surface area contributed by atoms with Gasteiger partial charge < -0.3 is 15.0 Å². The van der Waals surface area contributed by atoms with E-state index in [-0.39, 0.29) is 0 Å². The number of likely N-dealkylation sites (N-methyl/N-ethyl adjacent to an activating group) is 1. The van der Waals surface area contributed by atoms with Crippen molar-refractivity contribution >= 4 is 17.3 Å². The predicted molar refractivity (Wildman–Crippen MR) is 81.1 cm³/mol. The molecule has 0 spiro atoms. The van der Waals surface area contributed by atoms with Crippen LogP contribution in [0.15, 0.2) is 18.2 Å². The predicted octanol–water partition coefficient (Wildman–Crippen LogP) is 3.06. The molecule has 1 aromatic carbocycles. The largest absolute Gasteiger partial charge is 0.380 e. The van der Waals surface area contributed by atoms with Crippen LogP contribution in [-0.4, -0.2) is 32.8 Å². The molecule has 0 bridgehead atoms. The Bertz CT molecular complexity index is 407. The molecule has 1 aliphatic rings. The van der Waals surface area contributed by atoms with Gasteiger partial charge in [-0.25, -0.2) is 0 Å². The summed E-state index contributed by atoms with van der Waals surface area (Å²) in [5.41, 5.74) is 2.32. The first kappa shape index (κ1) is 14.6. The molecule has 106 valence electrons. The summed E-state index contributed by atoms with van der Waals surface area (Å²) in [6.07, 6.45) is 2.60. The molecule has 0 unspecified atom stereocenters. The van der Waals surface area contributed by atoms with Gasteiger partial charge in [0.15, 0.2) is 0 Å².